The standard InChI is InChI=1S/C15H18O3/c1-11-6-5-9-15(10-11)17-13(14(16)18-15)12-7-3-2-4-8-12/h2-4,7-8,11,13H,5-6,9-10H2,1H3. The van der Waals surface area contributed by atoms with Gasteiger partial charge < -0.3 is 9.47 Å². The number of benzene rings is 1. The Kier molecular flexibility index (Phi) is 2.86. The number of ether oxygens (including phenoxy) is 2. The van der Waals surface area contributed by atoms with E-state index in [9.17, 15) is 4.79 Å². The van der Waals surface area contributed by atoms with Crippen LogP contribution in [0.15, 0.2) is 30.3 Å². The summed E-state index contributed by atoms with van der Waals surface area (Å²) in [6.45, 7) is 2.19. The number of hydrogen-bond acceptors (Lipinski definition) is 3. The van der Waals surface area contributed by atoms with Gasteiger partial charge in [0.2, 0.25) is 5.79 Å². The molecule has 1 saturated heterocycles. The van der Waals surface area contributed by atoms with Crippen LogP contribution in [-0.4, -0.2) is 11.8 Å². The molecule has 0 radical (unpaired) electrons. The molecule has 3 rings (SSSR count). The molecular formula is C15H18O3. The van der Waals surface area contributed by atoms with Crippen LogP contribution in [0.25, 0.3) is 0 Å². The minimum absolute atomic E-state index is 0.240. The monoisotopic (exact) mass is 246 g/mol. The van der Waals surface area contributed by atoms with Gasteiger partial charge in [0.15, 0.2) is 6.10 Å². The lowest BCUT2D eigenvalue weighted by Crippen LogP contribution is -2.36. The maximum Gasteiger partial charge on any atom is 0.342 e. The zero-order valence-electron chi connectivity index (χ0n) is 10.6. The normalized spacial score (nSPS) is 35.7. The molecule has 1 aliphatic carbocycles. The summed E-state index contributed by atoms with van der Waals surface area (Å²) >= 11 is 0. The lowest BCUT2D eigenvalue weighted by atomic mass is 9.86. The van der Waals surface area contributed by atoms with E-state index in [1.165, 1.54) is 6.42 Å². The quantitative estimate of drug-likeness (QED) is 0.714. The van der Waals surface area contributed by atoms with Gasteiger partial charge in [-0.15, -0.1) is 0 Å². The molecule has 1 saturated carbocycles. The summed E-state index contributed by atoms with van der Waals surface area (Å²) in [5, 5.41) is 0. The molecule has 0 amide bonds. The second kappa shape index (κ2) is 4.39. The summed E-state index contributed by atoms with van der Waals surface area (Å²) in [6.07, 6.45) is 3.36. The van der Waals surface area contributed by atoms with Gasteiger partial charge in [0.25, 0.3) is 0 Å². The molecule has 3 atom stereocenters. The van der Waals surface area contributed by atoms with E-state index >= 15 is 0 Å². The predicted molar refractivity (Wildman–Crippen MR) is 66.7 cm³/mol. The van der Waals surface area contributed by atoms with Crippen LogP contribution < -0.4 is 0 Å². The fourth-order valence-electron chi connectivity index (χ4n) is 3.01. The Labute approximate surface area is 107 Å². The van der Waals surface area contributed by atoms with Crippen LogP contribution in [-0.2, 0) is 14.3 Å². The van der Waals surface area contributed by atoms with Crippen molar-refractivity contribution in [2.24, 2.45) is 5.92 Å². The van der Waals surface area contributed by atoms with Crippen molar-refractivity contribution in [3.05, 3.63) is 35.9 Å². The first kappa shape index (κ1) is 11.7. The Hall–Kier alpha value is -1.35. The third kappa shape index (κ3) is 2.03. The summed E-state index contributed by atoms with van der Waals surface area (Å²) in [6, 6.07) is 9.59. The van der Waals surface area contributed by atoms with E-state index in [0.717, 1.165) is 24.8 Å². The van der Waals surface area contributed by atoms with Crippen LogP contribution in [0.5, 0.6) is 0 Å². The lowest BCUT2D eigenvalue weighted by Gasteiger charge is -2.34. The van der Waals surface area contributed by atoms with Crippen molar-refractivity contribution in [3.63, 3.8) is 0 Å². The maximum absolute atomic E-state index is 12.0. The fourth-order valence-corrected chi connectivity index (χ4v) is 3.01. The Morgan fingerprint density at radius 3 is 2.78 bits per heavy atom. The van der Waals surface area contributed by atoms with E-state index in [4.69, 9.17) is 9.47 Å². The molecule has 1 aliphatic heterocycles. The average molecular weight is 246 g/mol. The summed E-state index contributed by atoms with van der Waals surface area (Å²) in [5.74, 6) is -0.341. The van der Waals surface area contributed by atoms with E-state index in [-0.39, 0.29) is 5.97 Å². The maximum atomic E-state index is 12.0. The van der Waals surface area contributed by atoms with Gasteiger partial charge in [0, 0.05) is 12.8 Å². The minimum Gasteiger partial charge on any atom is -0.431 e. The largest absolute Gasteiger partial charge is 0.431 e. The SMILES string of the molecule is CC1CCCC2(C1)OC(=O)C(c1ccccc1)O2. The molecule has 1 spiro atoms. The highest BCUT2D eigenvalue weighted by Gasteiger charge is 2.50. The van der Waals surface area contributed by atoms with Crippen molar-refractivity contribution >= 4 is 5.97 Å². The Bertz CT molecular complexity index is 442. The first-order valence-corrected chi connectivity index (χ1v) is 6.64. The molecule has 2 aliphatic rings. The van der Waals surface area contributed by atoms with Gasteiger partial charge in [-0.05, 0) is 17.9 Å². The molecule has 3 nitrogen and oxygen atoms in total. The van der Waals surface area contributed by atoms with Crippen molar-refractivity contribution in [1.82, 2.24) is 0 Å². The van der Waals surface area contributed by atoms with E-state index in [1.807, 2.05) is 30.3 Å². The molecular weight excluding hydrogens is 228 g/mol. The number of esters is 1. The Morgan fingerprint density at radius 2 is 2.06 bits per heavy atom. The zero-order valence-corrected chi connectivity index (χ0v) is 10.6. The van der Waals surface area contributed by atoms with Crippen LogP contribution >= 0.6 is 0 Å². The number of carbonyl (C=O) groups excluding carboxylic acids is 1. The first-order chi connectivity index (χ1) is 8.69. The highest BCUT2D eigenvalue weighted by molar-refractivity contribution is 5.78. The van der Waals surface area contributed by atoms with Gasteiger partial charge in [-0.25, -0.2) is 4.79 Å². The van der Waals surface area contributed by atoms with Crippen LogP contribution in [0, 0.1) is 5.92 Å². The number of hydrogen-bond donors (Lipinski definition) is 0. The molecule has 0 bridgehead atoms. The number of rotatable bonds is 1. The van der Waals surface area contributed by atoms with Gasteiger partial charge in [0.1, 0.15) is 0 Å². The van der Waals surface area contributed by atoms with Crippen molar-refractivity contribution in [3.8, 4) is 0 Å². The molecule has 1 aromatic carbocycles. The van der Waals surface area contributed by atoms with Crippen LogP contribution in [0.2, 0.25) is 0 Å². The summed E-state index contributed by atoms with van der Waals surface area (Å²) in [7, 11) is 0. The van der Waals surface area contributed by atoms with Gasteiger partial charge in [0.05, 0.1) is 0 Å². The van der Waals surface area contributed by atoms with E-state index < -0.39 is 11.9 Å². The third-order valence-corrected chi connectivity index (χ3v) is 3.85. The third-order valence-electron chi connectivity index (χ3n) is 3.85. The van der Waals surface area contributed by atoms with Gasteiger partial charge in [-0.1, -0.05) is 43.7 Å². The van der Waals surface area contributed by atoms with Gasteiger partial charge >= 0.3 is 5.97 Å². The smallest absolute Gasteiger partial charge is 0.342 e. The molecule has 18 heavy (non-hydrogen) atoms. The Morgan fingerprint density at radius 1 is 1.28 bits per heavy atom. The topological polar surface area (TPSA) is 35.5 Å². The second-order valence-corrected chi connectivity index (χ2v) is 5.44. The van der Waals surface area contributed by atoms with Crippen LogP contribution in [0.1, 0.15) is 44.3 Å². The van der Waals surface area contributed by atoms with Crippen molar-refractivity contribution < 1.29 is 14.3 Å². The number of carbonyl (C=O) groups is 1. The van der Waals surface area contributed by atoms with E-state index in [0.29, 0.717) is 5.92 Å². The molecule has 1 heterocycles. The molecule has 2 fully saturated rings. The van der Waals surface area contributed by atoms with Crippen molar-refractivity contribution in [2.75, 3.05) is 0 Å². The van der Waals surface area contributed by atoms with Gasteiger partial charge in [-0.2, -0.15) is 0 Å². The van der Waals surface area contributed by atoms with Crippen molar-refractivity contribution in [2.45, 2.75) is 44.5 Å². The predicted octanol–water partition coefficient (Wildman–Crippen LogP) is 3.21. The second-order valence-electron chi connectivity index (χ2n) is 5.44. The van der Waals surface area contributed by atoms with E-state index in [2.05, 4.69) is 6.92 Å². The minimum atomic E-state index is -0.657. The van der Waals surface area contributed by atoms with E-state index in [1.54, 1.807) is 0 Å². The van der Waals surface area contributed by atoms with Crippen LogP contribution in [0.4, 0.5) is 0 Å². The molecule has 3 unspecified atom stereocenters. The highest BCUT2D eigenvalue weighted by atomic mass is 16.8. The summed E-state index contributed by atoms with van der Waals surface area (Å²) < 4.78 is 11.6. The van der Waals surface area contributed by atoms with Crippen LogP contribution in [0.3, 0.4) is 0 Å². The molecule has 0 aromatic heterocycles. The lowest BCUT2D eigenvalue weighted by molar-refractivity contribution is -0.198. The molecule has 0 N–H and O–H groups in total. The summed E-state index contributed by atoms with van der Waals surface area (Å²) in [4.78, 5) is 12.0. The molecule has 1 aromatic rings. The van der Waals surface area contributed by atoms with Crippen molar-refractivity contribution in [1.29, 1.82) is 0 Å². The molecule has 96 valence electrons. The Balaban J connectivity index is 1.82. The molecule has 3 heteroatoms. The van der Waals surface area contributed by atoms with Gasteiger partial charge in [-0.3, -0.25) is 0 Å². The zero-order chi connectivity index (χ0) is 12.6. The highest BCUT2D eigenvalue weighted by Crippen LogP contribution is 2.44. The first-order valence-electron chi connectivity index (χ1n) is 6.64. The average Bonchev–Trinajstić information content (AvgIpc) is 2.67. The fraction of sp³-hybridized carbons (Fsp3) is 0.533. The summed E-state index contributed by atoms with van der Waals surface area (Å²) in [5.41, 5.74) is 0.887.